The van der Waals surface area contributed by atoms with Crippen LogP contribution in [0.25, 0.3) is 0 Å². The minimum atomic E-state index is -5.04. The lowest BCUT2D eigenvalue weighted by Gasteiger charge is -2.27. The van der Waals surface area contributed by atoms with Crippen LogP contribution in [0.5, 0.6) is 0 Å². The maximum atomic E-state index is 13.7. The van der Waals surface area contributed by atoms with Crippen LogP contribution in [0.1, 0.15) is 77.0 Å². The Morgan fingerprint density at radius 2 is 1.51 bits per heavy atom. The first kappa shape index (κ1) is 39.2. The molecule has 1 heterocycles. The minimum Gasteiger partial charge on any atom is -0.382 e. The van der Waals surface area contributed by atoms with Crippen LogP contribution < -0.4 is 10.6 Å². The number of carbonyl (C=O) groups is 5. The molecule has 266 valence electrons. The van der Waals surface area contributed by atoms with E-state index in [2.05, 4.69) is 20.9 Å². The van der Waals surface area contributed by atoms with Gasteiger partial charge in [0.25, 0.3) is 0 Å². The molecule has 0 aliphatic carbocycles. The number of Topliss-reactive ketones (excluding diaryl/α,β-unsaturated/α-hetero) is 3. The maximum Gasteiger partial charge on any atom is 0.416 e. The van der Waals surface area contributed by atoms with Gasteiger partial charge in [-0.25, -0.2) is 0 Å². The predicted octanol–water partition coefficient (Wildman–Crippen LogP) is 5.20. The van der Waals surface area contributed by atoms with Crippen molar-refractivity contribution in [3.05, 3.63) is 71.3 Å². The highest BCUT2D eigenvalue weighted by molar-refractivity contribution is 5.94. The van der Waals surface area contributed by atoms with E-state index < -0.39 is 78.1 Å². The molecule has 2 aromatic carbocycles. The van der Waals surface area contributed by atoms with Gasteiger partial charge in [0.2, 0.25) is 17.5 Å². The lowest BCUT2D eigenvalue weighted by atomic mass is 9.87. The molecule has 49 heavy (non-hydrogen) atoms. The Balaban J connectivity index is 1.71. The number of hydrogen-bond acceptors (Lipinski definition) is 8. The van der Waals surface area contributed by atoms with Crippen LogP contribution in [0.15, 0.2) is 64.8 Å². The predicted molar refractivity (Wildman–Crippen MR) is 175 cm³/mol. The number of ketones is 3. The molecule has 0 fully saturated rings. The Hall–Kier alpha value is -4.26. The van der Waals surface area contributed by atoms with Crippen molar-refractivity contribution in [3.63, 3.8) is 0 Å². The lowest BCUT2D eigenvalue weighted by molar-refractivity contribution is -0.213. The number of aliphatic hydroxyl groups excluding tert-OH is 1. The number of aliphatic hydroxyl groups is 1. The summed E-state index contributed by atoms with van der Waals surface area (Å²) in [5.74, 6) is -4.69. The molecule has 2 aromatic rings. The van der Waals surface area contributed by atoms with E-state index in [9.17, 15) is 42.3 Å². The van der Waals surface area contributed by atoms with Gasteiger partial charge in [-0.15, -0.1) is 0 Å². The Morgan fingerprint density at radius 3 is 2.08 bits per heavy atom. The van der Waals surface area contributed by atoms with E-state index in [1.54, 1.807) is 44.2 Å². The Morgan fingerprint density at radius 1 is 0.878 bits per heavy atom. The third-order valence-electron chi connectivity index (χ3n) is 8.66. The van der Waals surface area contributed by atoms with E-state index in [0.717, 1.165) is 16.7 Å². The fourth-order valence-electron chi connectivity index (χ4n) is 5.47. The molecule has 3 N–H and O–H groups in total. The number of amides is 2. The zero-order valence-electron chi connectivity index (χ0n) is 28.4. The summed E-state index contributed by atoms with van der Waals surface area (Å²) in [5.41, 5.74) is 1.75. The first-order valence-electron chi connectivity index (χ1n) is 16.4. The van der Waals surface area contributed by atoms with Crippen LogP contribution in [-0.4, -0.2) is 58.6 Å². The Labute approximate surface area is 284 Å². The summed E-state index contributed by atoms with van der Waals surface area (Å²) in [5, 5.41) is 22.8. The van der Waals surface area contributed by atoms with Gasteiger partial charge >= 0.3 is 6.18 Å². The maximum absolute atomic E-state index is 13.7. The first-order valence-corrected chi connectivity index (χ1v) is 16.4. The molecular weight excluding hydrogens is 641 g/mol. The summed E-state index contributed by atoms with van der Waals surface area (Å²) in [4.78, 5) is 64.8. The van der Waals surface area contributed by atoms with Crippen molar-refractivity contribution in [1.29, 1.82) is 0 Å². The van der Waals surface area contributed by atoms with Gasteiger partial charge in [-0.3, -0.25) is 19.2 Å². The summed E-state index contributed by atoms with van der Waals surface area (Å²) in [6.45, 7) is 8.00. The topological polar surface area (TPSA) is 154 Å². The second-order valence-corrected chi connectivity index (χ2v) is 13.4. The van der Waals surface area contributed by atoms with Crippen molar-refractivity contribution in [3.8, 4) is 0 Å². The largest absolute Gasteiger partial charge is 0.416 e. The average Bonchev–Trinajstić information content (AvgIpc) is 3.79. The summed E-state index contributed by atoms with van der Waals surface area (Å²) in [6, 6.07) is 13.3. The van der Waals surface area contributed by atoms with Crippen LogP contribution in [0, 0.1) is 17.8 Å². The highest BCUT2D eigenvalue weighted by Gasteiger charge is 2.44. The van der Waals surface area contributed by atoms with Crippen LogP contribution in [0.4, 0.5) is 13.2 Å². The van der Waals surface area contributed by atoms with Gasteiger partial charge in [0.1, 0.15) is 11.6 Å². The smallest absolute Gasteiger partial charge is 0.382 e. The number of alkyl halides is 3. The third kappa shape index (κ3) is 12.0. The molecule has 0 spiro atoms. The van der Waals surface area contributed by atoms with Crippen molar-refractivity contribution < 1.29 is 42.3 Å². The fourth-order valence-corrected chi connectivity index (χ4v) is 5.47. The Kier molecular flexibility index (Phi) is 13.5. The molecule has 5 atom stereocenters. The van der Waals surface area contributed by atoms with Crippen molar-refractivity contribution in [2.45, 2.75) is 103 Å². The summed E-state index contributed by atoms with van der Waals surface area (Å²) in [6.07, 6.45) is -9.02. The van der Waals surface area contributed by atoms with Gasteiger partial charge in [0.15, 0.2) is 11.9 Å². The van der Waals surface area contributed by atoms with Gasteiger partial charge in [-0.2, -0.15) is 23.4 Å². The zero-order chi connectivity index (χ0) is 36.5. The molecule has 3 rings (SSSR count). The number of nitrogens with zero attached hydrogens (tertiary/aromatic N) is 2. The number of nitrogens with one attached hydrogen (secondary N) is 2. The van der Waals surface area contributed by atoms with Crippen LogP contribution in [0.3, 0.4) is 0 Å². The summed E-state index contributed by atoms with van der Waals surface area (Å²) in [7, 11) is 0. The van der Waals surface area contributed by atoms with E-state index in [1.807, 2.05) is 31.2 Å². The fraction of sp³-hybridized carbons (Fsp3) is 0.528. The summed E-state index contributed by atoms with van der Waals surface area (Å²) < 4.78 is 39.8. The second-order valence-electron chi connectivity index (χ2n) is 13.4. The van der Waals surface area contributed by atoms with Gasteiger partial charge < -0.3 is 20.5 Å². The van der Waals surface area contributed by atoms with E-state index in [0.29, 0.717) is 0 Å². The van der Waals surface area contributed by atoms with Crippen molar-refractivity contribution >= 4 is 29.2 Å². The normalized spacial score (nSPS) is 16.6. The molecule has 10 nitrogen and oxygen atoms in total. The molecule has 1 aliphatic rings. The number of hydrogen-bond donors (Lipinski definition) is 3. The van der Waals surface area contributed by atoms with Crippen molar-refractivity contribution in [2.24, 2.45) is 28.0 Å². The van der Waals surface area contributed by atoms with E-state index in [4.69, 9.17) is 0 Å². The quantitative estimate of drug-likeness (QED) is 0.185. The van der Waals surface area contributed by atoms with E-state index in [1.165, 1.54) is 13.8 Å². The summed E-state index contributed by atoms with van der Waals surface area (Å²) >= 11 is 0. The van der Waals surface area contributed by atoms with Gasteiger partial charge in [-0.1, -0.05) is 75.4 Å². The molecular formula is C36H45F3N4O6. The third-order valence-corrected chi connectivity index (χ3v) is 8.66. The number of carbonyl (C=O) groups excluding carboxylic acids is 5. The van der Waals surface area contributed by atoms with Crippen LogP contribution in [0.2, 0.25) is 0 Å². The minimum absolute atomic E-state index is 0.0754. The molecule has 0 bridgehead atoms. The second kappa shape index (κ2) is 16.9. The van der Waals surface area contributed by atoms with Crippen molar-refractivity contribution in [1.82, 2.24) is 10.6 Å². The standard InChI is InChI=1S/C36H45F3N4O6/c1-21(2)28(20-27(45)18-25-12-9-13-26(17-25)35(5)42-43-35)34(49)41-30(19-24-10-7-6-8-11-24)31(46)16-22(3)33(48)40-29(15-14-23(4)44)32(47)36(37,38)39/h6-13,17,21-22,28-30,32,47H,14-16,18-20H2,1-5H3,(H,40,48)(H,41,49)/t22-,28+,29?,30+,32?/m1/s1. The molecule has 0 saturated carbocycles. The number of benzene rings is 2. The molecule has 2 unspecified atom stereocenters. The lowest BCUT2D eigenvalue weighted by Crippen LogP contribution is -2.52. The number of halogens is 3. The first-order chi connectivity index (χ1) is 22.9. The van der Waals surface area contributed by atoms with Crippen molar-refractivity contribution in [2.75, 3.05) is 0 Å². The van der Waals surface area contributed by atoms with E-state index in [-0.39, 0.29) is 37.4 Å². The monoisotopic (exact) mass is 686 g/mol. The Bertz CT molecular complexity index is 1520. The molecule has 13 heteroatoms. The van der Waals surface area contributed by atoms with Crippen LogP contribution >= 0.6 is 0 Å². The number of rotatable bonds is 19. The van der Waals surface area contributed by atoms with E-state index >= 15 is 0 Å². The SMILES string of the molecule is CC(=O)CCC(NC(=O)[C@H](C)CC(=O)[C@H](Cc1ccccc1)NC(=O)[C@@H](CC(=O)Cc1cccc(C2(C)N=N2)c1)C(C)C)C(O)C(F)(F)F. The molecule has 1 aliphatic heterocycles. The molecule has 0 radical (unpaired) electrons. The van der Waals surface area contributed by atoms with Gasteiger partial charge in [0.05, 0.1) is 12.1 Å². The van der Waals surface area contributed by atoms with Gasteiger partial charge in [0, 0.05) is 43.1 Å². The molecule has 0 saturated heterocycles. The molecule has 2 amide bonds. The highest BCUT2D eigenvalue weighted by atomic mass is 19.4. The average molecular weight is 687 g/mol. The zero-order valence-corrected chi connectivity index (χ0v) is 28.4. The highest BCUT2D eigenvalue weighted by Crippen LogP contribution is 2.39. The molecule has 0 aromatic heterocycles. The van der Waals surface area contributed by atoms with Gasteiger partial charge in [-0.05, 0) is 43.7 Å². The van der Waals surface area contributed by atoms with Crippen LogP contribution in [-0.2, 0) is 42.5 Å².